The maximum Gasteiger partial charge on any atom is 0.109 e. The maximum absolute atomic E-state index is 4.01. The van der Waals surface area contributed by atoms with Crippen LogP contribution in [0.15, 0.2) is 9.98 Å². The first-order valence-corrected chi connectivity index (χ1v) is 2.78. The third-order valence-electron chi connectivity index (χ3n) is 0.994. The minimum atomic E-state index is 0.389. The Morgan fingerprint density at radius 1 is 1.75 bits per heavy atom. The second-order valence-corrected chi connectivity index (χ2v) is 1.70. The summed E-state index contributed by atoms with van der Waals surface area (Å²) in [5.74, 6) is 0. The van der Waals surface area contributed by atoms with E-state index in [0.717, 1.165) is 6.42 Å². The average Bonchev–Trinajstić information content (AvgIpc) is 1.83. The monoisotopic (exact) mass is 112 g/mol. The molecule has 1 unspecified atom stereocenters. The third kappa shape index (κ3) is 3.53. The number of hydrogen-bond acceptors (Lipinski definition) is 1. The molecule has 46 valence electrons. The molecule has 0 fully saturated rings. The summed E-state index contributed by atoms with van der Waals surface area (Å²) in [5, 5.41) is 0. The van der Waals surface area contributed by atoms with Gasteiger partial charge in [-0.1, -0.05) is 6.92 Å². The lowest BCUT2D eigenvalue weighted by Crippen LogP contribution is -1.92. The second kappa shape index (κ2) is 4.50. The average molecular weight is 112 g/mol. The minimum absolute atomic E-state index is 0.389. The van der Waals surface area contributed by atoms with E-state index in [1.54, 1.807) is 0 Å². The number of rotatable bonds is 3. The van der Waals surface area contributed by atoms with Crippen molar-refractivity contribution < 1.29 is 0 Å². The van der Waals surface area contributed by atoms with E-state index in [1.807, 2.05) is 6.92 Å². The Hall–Kier alpha value is -0.660. The Balaban J connectivity index is 3.35. The summed E-state index contributed by atoms with van der Waals surface area (Å²) in [5.41, 5.74) is 0. The molecule has 0 aliphatic carbocycles. The van der Waals surface area contributed by atoms with Crippen LogP contribution in [0.2, 0.25) is 0 Å². The number of nitrogens with zero attached hydrogens (tertiary/aromatic N) is 2. The van der Waals surface area contributed by atoms with Gasteiger partial charge in [-0.2, -0.15) is 0 Å². The van der Waals surface area contributed by atoms with Crippen molar-refractivity contribution in [2.75, 3.05) is 0 Å². The Bertz CT molecular complexity index is 86.5. The lowest BCUT2D eigenvalue weighted by Gasteiger charge is -1.95. The summed E-state index contributed by atoms with van der Waals surface area (Å²) in [4.78, 5) is 7.49. The topological polar surface area (TPSA) is 24.7 Å². The molecule has 0 rings (SSSR count). The highest BCUT2D eigenvalue weighted by Crippen LogP contribution is 1.91. The summed E-state index contributed by atoms with van der Waals surface area (Å²) < 4.78 is 0. The van der Waals surface area contributed by atoms with E-state index >= 15 is 0 Å². The van der Waals surface area contributed by atoms with Gasteiger partial charge < -0.3 is 0 Å². The Morgan fingerprint density at radius 3 is 2.75 bits per heavy atom. The highest BCUT2D eigenvalue weighted by Gasteiger charge is 1.87. The molecule has 0 aromatic heterocycles. The molecule has 0 aliphatic heterocycles. The molecule has 0 saturated carbocycles. The van der Waals surface area contributed by atoms with Gasteiger partial charge in [0.1, 0.15) is 6.34 Å². The third-order valence-corrected chi connectivity index (χ3v) is 0.994. The van der Waals surface area contributed by atoms with Crippen LogP contribution in [0.4, 0.5) is 0 Å². The van der Waals surface area contributed by atoms with E-state index in [9.17, 15) is 0 Å². The van der Waals surface area contributed by atoms with E-state index < -0.39 is 0 Å². The van der Waals surface area contributed by atoms with Crippen molar-refractivity contribution in [3.8, 4) is 0 Å². The number of aliphatic imine (C=N–C) groups is 2. The molecule has 0 aromatic carbocycles. The zero-order valence-electron chi connectivity index (χ0n) is 5.46. The molecule has 0 bridgehead atoms. The van der Waals surface area contributed by atoms with Crippen LogP contribution >= 0.6 is 0 Å². The molecule has 2 nitrogen and oxygen atoms in total. The molecule has 0 saturated heterocycles. The first-order chi connectivity index (χ1) is 3.81. The zero-order valence-corrected chi connectivity index (χ0v) is 5.46. The summed E-state index contributed by atoms with van der Waals surface area (Å²) in [6, 6.07) is 0.389. The predicted molar refractivity (Wildman–Crippen MR) is 37.8 cm³/mol. The molecule has 0 heterocycles. The summed E-state index contributed by atoms with van der Waals surface area (Å²) >= 11 is 0. The van der Waals surface area contributed by atoms with Crippen molar-refractivity contribution in [3.05, 3.63) is 0 Å². The van der Waals surface area contributed by atoms with Gasteiger partial charge in [-0.05, 0) is 20.1 Å². The maximum atomic E-state index is 4.01. The van der Waals surface area contributed by atoms with Crippen LogP contribution in [0.3, 0.4) is 0 Å². The Kier molecular flexibility index (Phi) is 4.13. The van der Waals surface area contributed by atoms with E-state index in [1.165, 1.54) is 6.34 Å². The predicted octanol–water partition coefficient (Wildman–Crippen LogP) is 1.51. The van der Waals surface area contributed by atoms with Gasteiger partial charge in [0.2, 0.25) is 0 Å². The van der Waals surface area contributed by atoms with Crippen molar-refractivity contribution in [3.63, 3.8) is 0 Å². The molecule has 0 aromatic rings. The van der Waals surface area contributed by atoms with Crippen molar-refractivity contribution in [1.29, 1.82) is 0 Å². The molecule has 0 radical (unpaired) electrons. The lowest BCUT2D eigenvalue weighted by atomic mass is 10.3. The van der Waals surface area contributed by atoms with Crippen LogP contribution in [0.1, 0.15) is 20.3 Å². The lowest BCUT2D eigenvalue weighted by molar-refractivity contribution is 0.719. The van der Waals surface area contributed by atoms with Gasteiger partial charge in [0.15, 0.2) is 0 Å². The van der Waals surface area contributed by atoms with E-state index in [-0.39, 0.29) is 0 Å². The Labute approximate surface area is 50.4 Å². The largest absolute Gasteiger partial charge is 0.271 e. The molecule has 2 heteroatoms. The van der Waals surface area contributed by atoms with Crippen LogP contribution < -0.4 is 0 Å². The first-order valence-electron chi connectivity index (χ1n) is 2.78. The van der Waals surface area contributed by atoms with Crippen LogP contribution in [-0.2, 0) is 0 Å². The van der Waals surface area contributed by atoms with Crippen LogP contribution in [0, 0.1) is 0 Å². The molecule has 8 heavy (non-hydrogen) atoms. The van der Waals surface area contributed by atoms with Gasteiger partial charge in [-0.3, -0.25) is 9.98 Å². The summed E-state index contributed by atoms with van der Waals surface area (Å²) in [6.07, 6.45) is 2.56. The van der Waals surface area contributed by atoms with Gasteiger partial charge in [0, 0.05) is 6.04 Å². The van der Waals surface area contributed by atoms with E-state index in [0.29, 0.717) is 6.04 Å². The molecular weight excluding hydrogens is 100 g/mol. The molecular formula is C6H12N2. The van der Waals surface area contributed by atoms with Crippen LogP contribution in [-0.4, -0.2) is 19.1 Å². The van der Waals surface area contributed by atoms with Gasteiger partial charge in [0.05, 0.1) is 0 Å². The minimum Gasteiger partial charge on any atom is -0.271 e. The smallest absolute Gasteiger partial charge is 0.109 e. The molecule has 0 spiro atoms. The van der Waals surface area contributed by atoms with Crippen LogP contribution in [0.5, 0.6) is 0 Å². The van der Waals surface area contributed by atoms with Gasteiger partial charge in [0.25, 0.3) is 0 Å². The molecule has 0 amide bonds. The summed E-state index contributed by atoms with van der Waals surface area (Å²) in [7, 11) is 0. The van der Waals surface area contributed by atoms with E-state index in [4.69, 9.17) is 0 Å². The van der Waals surface area contributed by atoms with Crippen molar-refractivity contribution >= 4 is 13.1 Å². The number of hydrogen-bond donors (Lipinski definition) is 0. The fourth-order valence-corrected chi connectivity index (χ4v) is 0.266. The Morgan fingerprint density at radius 2 is 2.38 bits per heavy atom. The van der Waals surface area contributed by atoms with Crippen molar-refractivity contribution in [2.45, 2.75) is 26.3 Å². The standard InChI is InChI=1S/C6H12N2/c1-4-6(2)8-5-7-3/h5-6H,3-4H2,1-2H3/b8-5+. The fraction of sp³-hybridized carbons (Fsp3) is 0.667. The second-order valence-electron chi connectivity index (χ2n) is 1.70. The summed E-state index contributed by atoms with van der Waals surface area (Å²) in [6.45, 7) is 7.40. The first kappa shape index (κ1) is 7.34. The zero-order chi connectivity index (χ0) is 6.41. The molecule has 0 N–H and O–H groups in total. The fourth-order valence-electron chi connectivity index (χ4n) is 0.266. The van der Waals surface area contributed by atoms with Gasteiger partial charge in [-0.25, -0.2) is 0 Å². The molecule has 1 atom stereocenters. The van der Waals surface area contributed by atoms with Gasteiger partial charge in [-0.15, -0.1) is 0 Å². The highest BCUT2D eigenvalue weighted by atomic mass is 14.9. The highest BCUT2D eigenvalue weighted by molar-refractivity contribution is 5.62. The van der Waals surface area contributed by atoms with Crippen molar-refractivity contribution in [2.24, 2.45) is 9.98 Å². The van der Waals surface area contributed by atoms with Crippen LogP contribution in [0.25, 0.3) is 0 Å². The SMILES string of the molecule is C=N/C=N/C(C)CC. The van der Waals surface area contributed by atoms with Crippen molar-refractivity contribution in [1.82, 2.24) is 0 Å². The molecule has 0 aliphatic rings. The van der Waals surface area contributed by atoms with Gasteiger partial charge >= 0.3 is 0 Å². The normalized spacial score (nSPS) is 14.2. The van der Waals surface area contributed by atoms with E-state index in [2.05, 4.69) is 23.6 Å². The quantitative estimate of drug-likeness (QED) is 0.390.